The summed E-state index contributed by atoms with van der Waals surface area (Å²) in [4.78, 5) is 20.7. The van der Waals surface area contributed by atoms with E-state index < -0.39 is 16.7 Å². The van der Waals surface area contributed by atoms with Crippen LogP contribution in [0.5, 0.6) is 0 Å². The van der Waals surface area contributed by atoms with Gasteiger partial charge in [-0.2, -0.15) is 0 Å². The summed E-state index contributed by atoms with van der Waals surface area (Å²) in [6.45, 7) is 0. The van der Waals surface area contributed by atoms with Gasteiger partial charge < -0.3 is 10.4 Å². The van der Waals surface area contributed by atoms with Crippen molar-refractivity contribution < 1.29 is 19.2 Å². The number of carboxylic acid groups (broad SMARTS) is 1. The lowest BCUT2D eigenvalue weighted by atomic mass is 9.86. The van der Waals surface area contributed by atoms with Crippen LogP contribution < -0.4 is 5.32 Å². The van der Waals surface area contributed by atoms with Crippen LogP contribution in [0.1, 0.15) is 25.7 Å². The predicted octanol–water partition coefficient (Wildman–Crippen LogP) is 2.79. The molecule has 0 aliphatic heterocycles. The van der Waals surface area contributed by atoms with E-state index >= 15 is 0 Å². The van der Waals surface area contributed by atoms with Gasteiger partial charge in [0.25, 0.3) is 5.69 Å². The number of nitro groups is 1. The van der Waals surface area contributed by atoms with Crippen LogP contribution in [-0.4, -0.2) is 22.0 Å². The van der Waals surface area contributed by atoms with Crippen molar-refractivity contribution in [2.75, 3.05) is 5.32 Å². The summed E-state index contributed by atoms with van der Waals surface area (Å²) in [5.74, 6) is -1.78. The number of hydrogen-bond acceptors (Lipinski definition) is 4. The number of carboxylic acids is 1. The number of nitrogens with one attached hydrogen (secondary N) is 1. The highest BCUT2D eigenvalue weighted by atomic mass is 19.1. The summed E-state index contributed by atoms with van der Waals surface area (Å²) in [7, 11) is 0. The van der Waals surface area contributed by atoms with E-state index in [4.69, 9.17) is 5.11 Å². The molecule has 20 heavy (non-hydrogen) atoms. The third-order valence-corrected chi connectivity index (χ3v) is 3.60. The topological polar surface area (TPSA) is 92.5 Å². The molecule has 1 saturated carbocycles. The molecule has 1 fully saturated rings. The molecule has 0 unspecified atom stereocenters. The lowest BCUT2D eigenvalue weighted by molar-refractivity contribution is -0.385. The molecule has 1 aliphatic carbocycles. The number of anilines is 1. The van der Waals surface area contributed by atoms with Crippen LogP contribution in [-0.2, 0) is 4.79 Å². The normalized spacial score (nSPS) is 22.2. The van der Waals surface area contributed by atoms with E-state index in [1.54, 1.807) is 0 Å². The zero-order valence-corrected chi connectivity index (χ0v) is 10.7. The molecule has 108 valence electrons. The van der Waals surface area contributed by atoms with Crippen molar-refractivity contribution in [3.05, 3.63) is 34.1 Å². The average Bonchev–Trinajstić information content (AvgIpc) is 2.41. The molecule has 0 bridgehead atoms. The maximum absolute atomic E-state index is 13.7. The fraction of sp³-hybridized carbons (Fsp3) is 0.462. The smallest absolute Gasteiger partial charge is 0.306 e. The lowest BCUT2D eigenvalue weighted by Gasteiger charge is -2.27. The van der Waals surface area contributed by atoms with Gasteiger partial charge in [0.2, 0.25) is 0 Å². The Balaban J connectivity index is 1.98. The second-order valence-electron chi connectivity index (χ2n) is 4.95. The van der Waals surface area contributed by atoms with Gasteiger partial charge in [-0.3, -0.25) is 14.9 Å². The minimum atomic E-state index is -0.787. The number of carbonyl (C=O) groups is 1. The highest BCUT2D eigenvalue weighted by molar-refractivity contribution is 5.70. The van der Waals surface area contributed by atoms with Crippen molar-refractivity contribution >= 4 is 17.3 Å². The van der Waals surface area contributed by atoms with E-state index in [-0.39, 0.29) is 23.3 Å². The first-order valence-corrected chi connectivity index (χ1v) is 6.40. The van der Waals surface area contributed by atoms with E-state index in [2.05, 4.69) is 5.32 Å². The van der Waals surface area contributed by atoms with E-state index in [1.807, 2.05) is 0 Å². The molecule has 0 radical (unpaired) electrons. The first-order chi connectivity index (χ1) is 9.47. The Morgan fingerprint density at radius 2 is 2.00 bits per heavy atom. The average molecular weight is 282 g/mol. The first kappa shape index (κ1) is 14.2. The van der Waals surface area contributed by atoms with Crippen molar-refractivity contribution in [2.24, 2.45) is 5.92 Å². The van der Waals surface area contributed by atoms with Crippen LogP contribution in [0.15, 0.2) is 18.2 Å². The molecular formula is C13H15FN2O4. The Hall–Kier alpha value is -2.18. The van der Waals surface area contributed by atoms with Crippen LogP contribution >= 0.6 is 0 Å². The molecule has 0 spiro atoms. The number of aliphatic carboxylic acids is 1. The van der Waals surface area contributed by atoms with Gasteiger partial charge >= 0.3 is 5.97 Å². The molecule has 2 N–H and O–H groups in total. The lowest BCUT2D eigenvalue weighted by Crippen LogP contribution is -2.29. The Kier molecular flexibility index (Phi) is 4.16. The van der Waals surface area contributed by atoms with Crippen LogP contribution in [0.3, 0.4) is 0 Å². The van der Waals surface area contributed by atoms with E-state index in [9.17, 15) is 19.3 Å². The van der Waals surface area contributed by atoms with Gasteiger partial charge in [-0.15, -0.1) is 0 Å². The van der Waals surface area contributed by atoms with Crippen LogP contribution in [0.4, 0.5) is 15.8 Å². The first-order valence-electron chi connectivity index (χ1n) is 6.40. The molecule has 0 amide bonds. The molecule has 1 aliphatic rings. The summed E-state index contributed by atoms with van der Waals surface area (Å²) in [5.41, 5.74) is -0.0722. The highest BCUT2D eigenvalue weighted by Gasteiger charge is 2.26. The van der Waals surface area contributed by atoms with Gasteiger partial charge in [-0.05, 0) is 31.7 Å². The maximum atomic E-state index is 13.7. The summed E-state index contributed by atoms with van der Waals surface area (Å²) in [5, 5.41) is 22.4. The largest absolute Gasteiger partial charge is 0.481 e. The van der Waals surface area contributed by atoms with Crippen molar-refractivity contribution in [1.82, 2.24) is 0 Å². The van der Waals surface area contributed by atoms with Crippen LogP contribution in [0.2, 0.25) is 0 Å². The number of nitrogens with zero attached hydrogens (tertiary/aromatic N) is 1. The van der Waals surface area contributed by atoms with E-state index in [0.717, 1.165) is 6.07 Å². The van der Waals surface area contributed by atoms with Crippen molar-refractivity contribution in [2.45, 2.75) is 31.7 Å². The van der Waals surface area contributed by atoms with Gasteiger partial charge in [0.1, 0.15) is 0 Å². The Labute approximate surface area is 114 Å². The highest BCUT2D eigenvalue weighted by Crippen LogP contribution is 2.28. The minimum Gasteiger partial charge on any atom is -0.481 e. The van der Waals surface area contributed by atoms with Gasteiger partial charge in [0.05, 0.1) is 22.6 Å². The number of benzene rings is 1. The van der Waals surface area contributed by atoms with Crippen LogP contribution in [0, 0.1) is 21.8 Å². The molecule has 1 aromatic rings. The van der Waals surface area contributed by atoms with Gasteiger partial charge in [0.15, 0.2) is 5.82 Å². The minimum absolute atomic E-state index is 0.00144. The summed E-state index contributed by atoms with van der Waals surface area (Å²) < 4.78 is 13.7. The molecule has 0 heterocycles. The predicted molar refractivity (Wildman–Crippen MR) is 70.1 cm³/mol. The summed E-state index contributed by atoms with van der Waals surface area (Å²) in [6.07, 6.45) is 2.41. The second-order valence-corrected chi connectivity index (χ2v) is 4.95. The Bertz CT molecular complexity index is 527. The maximum Gasteiger partial charge on any atom is 0.306 e. The Morgan fingerprint density at radius 1 is 1.35 bits per heavy atom. The molecule has 6 nitrogen and oxygen atoms in total. The second kappa shape index (κ2) is 5.85. The number of non-ortho nitro benzene ring substituents is 1. The monoisotopic (exact) mass is 282 g/mol. The van der Waals surface area contributed by atoms with Crippen LogP contribution in [0.25, 0.3) is 0 Å². The summed E-state index contributed by atoms with van der Waals surface area (Å²) >= 11 is 0. The standard InChI is InChI=1S/C13H15FN2O4/c14-11-7-10(16(19)20)5-6-12(11)15-9-3-1-8(2-4-9)13(17)18/h5-9,15H,1-4H2,(H,17,18). The molecule has 0 atom stereocenters. The van der Waals surface area contributed by atoms with Gasteiger partial charge in [-0.1, -0.05) is 0 Å². The fourth-order valence-corrected chi connectivity index (χ4v) is 2.44. The molecule has 1 aromatic carbocycles. The number of halogens is 1. The van der Waals surface area contributed by atoms with Crippen molar-refractivity contribution in [1.29, 1.82) is 0 Å². The van der Waals surface area contributed by atoms with Gasteiger partial charge in [-0.25, -0.2) is 4.39 Å². The van der Waals surface area contributed by atoms with Crippen molar-refractivity contribution in [3.8, 4) is 0 Å². The molecule has 7 heteroatoms. The zero-order chi connectivity index (χ0) is 14.7. The van der Waals surface area contributed by atoms with Crippen molar-refractivity contribution in [3.63, 3.8) is 0 Å². The SMILES string of the molecule is O=C(O)C1CCC(Nc2ccc([N+](=O)[O-])cc2F)CC1. The fourth-order valence-electron chi connectivity index (χ4n) is 2.44. The zero-order valence-electron chi connectivity index (χ0n) is 10.7. The summed E-state index contributed by atoms with van der Waals surface area (Å²) in [6, 6.07) is 3.47. The number of hydrogen-bond donors (Lipinski definition) is 2. The number of nitro benzene ring substituents is 1. The van der Waals surface area contributed by atoms with E-state index in [1.165, 1.54) is 12.1 Å². The Morgan fingerprint density at radius 3 is 2.50 bits per heavy atom. The third-order valence-electron chi connectivity index (χ3n) is 3.60. The van der Waals surface area contributed by atoms with Gasteiger partial charge in [0, 0.05) is 12.1 Å². The molecule has 0 aromatic heterocycles. The third kappa shape index (κ3) is 3.23. The molecular weight excluding hydrogens is 267 g/mol. The van der Waals surface area contributed by atoms with E-state index in [0.29, 0.717) is 25.7 Å². The molecule has 2 rings (SSSR count). The number of rotatable bonds is 4. The molecule has 0 saturated heterocycles. The quantitative estimate of drug-likeness (QED) is 0.654.